The maximum atomic E-state index is 14.3. The van der Waals surface area contributed by atoms with Crippen LogP contribution in [0.5, 0.6) is 0 Å². The number of hydrogen-bond donors (Lipinski definition) is 3. The van der Waals surface area contributed by atoms with Crippen molar-refractivity contribution in [2.24, 2.45) is 0 Å². The van der Waals surface area contributed by atoms with Gasteiger partial charge in [0.1, 0.15) is 11.3 Å². The first-order chi connectivity index (χ1) is 11.7. The predicted molar refractivity (Wildman–Crippen MR) is 79.0 cm³/mol. The van der Waals surface area contributed by atoms with Crippen molar-refractivity contribution in [3.05, 3.63) is 57.4 Å². The Morgan fingerprint density at radius 1 is 1.12 bits per heavy atom. The minimum Gasteiger partial charge on any atom is -0.477 e. The smallest absolute Gasteiger partial charge is 0.341 e. The lowest BCUT2D eigenvalue weighted by molar-refractivity contribution is 0.0695. The monoisotopic (exact) mass is 353 g/mol. The number of H-pyrrole nitrogens is 1. The largest absolute Gasteiger partial charge is 0.477 e. The van der Waals surface area contributed by atoms with Crippen LogP contribution in [0.3, 0.4) is 0 Å². The molecule has 0 saturated heterocycles. The van der Waals surface area contributed by atoms with Gasteiger partial charge in [-0.25, -0.2) is 27.3 Å². The number of nitrogen functional groups attached to an aromatic ring is 1. The van der Waals surface area contributed by atoms with Crippen molar-refractivity contribution in [2.75, 3.05) is 5.73 Å². The number of carbonyl (C=O) groups is 1. The Balaban J connectivity index is 2.49. The first kappa shape index (κ1) is 16.4. The molecule has 0 aliphatic rings. The molecule has 1 aromatic carbocycles. The maximum absolute atomic E-state index is 14.3. The van der Waals surface area contributed by atoms with Gasteiger partial charge in [0.15, 0.2) is 29.1 Å². The van der Waals surface area contributed by atoms with E-state index in [2.05, 4.69) is 9.97 Å². The van der Waals surface area contributed by atoms with Crippen LogP contribution in [0.25, 0.3) is 22.2 Å². The van der Waals surface area contributed by atoms with Crippen molar-refractivity contribution in [1.82, 2.24) is 9.97 Å². The van der Waals surface area contributed by atoms with E-state index in [1.165, 1.54) is 0 Å². The normalized spacial score (nSPS) is 11.0. The van der Waals surface area contributed by atoms with Crippen LogP contribution in [0, 0.1) is 23.3 Å². The molecule has 0 unspecified atom stereocenters. The van der Waals surface area contributed by atoms with Crippen LogP contribution in [-0.4, -0.2) is 21.0 Å². The molecule has 10 heteroatoms. The standard InChI is InChI=1S/C15H7F4N3O3/c16-6-1-4-11(21-3-5(13(4)23)15(24)25)9(10(6)19)12-7(17)2-8(18)14(20)22-12/h1-3H,(H2,20,22)(H,21,23)(H,24,25). The molecular weight excluding hydrogens is 346 g/mol. The highest BCUT2D eigenvalue weighted by molar-refractivity contribution is 5.97. The number of fused-ring (bicyclic) bond motifs is 1. The topological polar surface area (TPSA) is 109 Å². The highest BCUT2D eigenvalue weighted by atomic mass is 19.2. The summed E-state index contributed by atoms with van der Waals surface area (Å²) >= 11 is 0. The first-order valence-corrected chi connectivity index (χ1v) is 6.61. The highest BCUT2D eigenvalue weighted by Crippen LogP contribution is 2.32. The number of benzene rings is 1. The Morgan fingerprint density at radius 3 is 2.44 bits per heavy atom. The summed E-state index contributed by atoms with van der Waals surface area (Å²) in [5.41, 5.74) is 1.34. The molecule has 0 amide bonds. The Morgan fingerprint density at radius 2 is 1.80 bits per heavy atom. The molecule has 0 spiro atoms. The van der Waals surface area contributed by atoms with Gasteiger partial charge in [-0.15, -0.1) is 0 Å². The number of aromatic amines is 1. The fraction of sp³-hybridized carbons (Fsp3) is 0. The van der Waals surface area contributed by atoms with Crippen molar-refractivity contribution >= 4 is 22.7 Å². The zero-order valence-electron chi connectivity index (χ0n) is 12.0. The van der Waals surface area contributed by atoms with E-state index in [-0.39, 0.29) is 0 Å². The van der Waals surface area contributed by atoms with Crippen LogP contribution >= 0.6 is 0 Å². The number of halogens is 4. The fourth-order valence-corrected chi connectivity index (χ4v) is 2.35. The van der Waals surface area contributed by atoms with Gasteiger partial charge >= 0.3 is 5.97 Å². The number of nitrogens with two attached hydrogens (primary N) is 1. The molecule has 2 aromatic heterocycles. The molecule has 0 aliphatic heterocycles. The number of rotatable bonds is 2. The molecule has 0 radical (unpaired) electrons. The Labute approximate surface area is 135 Å². The molecule has 6 nitrogen and oxygen atoms in total. The van der Waals surface area contributed by atoms with Gasteiger partial charge in [0.2, 0.25) is 5.43 Å². The lowest BCUT2D eigenvalue weighted by atomic mass is 10.0. The molecule has 0 bridgehead atoms. The number of nitrogens with one attached hydrogen (secondary N) is 1. The zero-order valence-corrected chi connectivity index (χ0v) is 12.0. The minimum absolute atomic E-state index is 0.331. The molecule has 3 aromatic rings. The van der Waals surface area contributed by atoms with Crippen molar-refractivity contribution < 1.29 is 27.5 Å². The third-order valence-corrected chi connectivity index (χ3v) is 3.49. The van der Waals surface area contributed by atoms with Crippen LogP contribution in [-0.2, 0) is 0 Å². The van der Waals surface area contributed by atoms with E-state index >= 15 is 0 Å². The van der Waals surface area contributed by atoms with E-state index in [0.29, 0.717) is 12.1 Å². The average molecular weight is 353 g/mol. The molecule has 25 heavy (non-hydrogen) atoms. The molecule has 0 aliphatic carbocycles. The maximum Gasteiger partial charge on any atom is 0.341 e. The van der Waals surface area contributed by atoms with Crippen LogP contribution in [0.4, 0.5) is 23.4 Å². The summed E-state index contributed by atoms with van der Waals surface area (Å²) < 4.78 is 55.4. The van der Waals surface area contributed by atoms with E-state index in [1.807, 2.05) is 0 Å². The summed E-state index contributed by atoms with van der Waals surface area (Å²) in [6.07, 6.45) is 0.749. The number of carboxylic acid groups (broad SMARTS) is 1. The average Bonchev–Trinajstić information content (AvgIpc) is 2.53. The van der Waals surface area contributed by atoms with Crippen molar-refractivity contribution in [3.8, 4) is 11.3 Å². The van der Waals surface area contributed by atoms with E-state index in [1.54, 1.807) is 0 Å². The quantitative estimate of drug-likeness (QED) is 0.613. The van der Waals surface area contributed by atoms with Gasteiger partial charge in [0.25, 0.3) is 0 Å². The second-order valence-corrected chi connectivity index (χ2v) is 4.99. The summed E-state index contributed by atoms with van der Waals surface area (Å²) in [7, 11) is 0. The number of anilines is 1. The van der Waals surface area contributed by atoms with Crippen LogP contribution in [0.15, 0.2) is 23.1 Å². The Kier molecular flexibility index (Phi) is 3.67. The predicted octanol–water partition coefficient (Wildman–Crippen LogP) is 2.43. The third-order valence-electron chi connectivity index (χ3n) is 3.49. The van der Waals surface area contributed by atoms with E-state index in [4.69, 9.17) is 10.8 Å². The van der Waals surface area contributed by atoms with Gasteiger partial charge < -0.3 is 15.8 Å². The summed E-state index contributed by atoms with van der Waals surface area (Å²) in [6, 6.07) is 0.807. The second kappa shape index (κ2) is 5.58. The zero-order chi connectivity index (χ0) is 18.5. The molecule has 2 heterocycles. The van der Waals surface area contributed by atoms with Crippen LogP contribution < -0.4 is 11.2 Å². The SMILES string of the molecule is Nc1nc(-c2c(F)c(F)cc3c(=O)c(C(=O)O)c[nH]c23)c(F)cc1F. The fourth-order valence-electron chi connectivity index (χ4n) is 2.35. The molecular formula is C15H7F4N3O3. The van der Waals surface area contributed by atoms with Crippen molar-refractivity contribution in [3.63, 3.8) is 0 Å². The first-order valence-electron chi connectivity index (χ1n) is 6.61. The number of hydrogen-bond acceptors (Lipinski definition) is 4. The second-order valence-electron chi connectivity index (χ2n) is 4.99. The summed E-state index contributed by atoms with van der Waals surface area (Å²) in [5, 5.41) is 8.38. The molecule has 0 fully saturated rings. The summed E-state index contributed by atoms with van der Waals surface area (Å²) in [6.45, 7) is 0. The number of pyridine rings is 2. The Bertz CT molecular complexity index is 1110. The van der Waals surface area contributed by atoms with Gasteiger partial charge in [-0.2, -0.15) is 0 Å². The van der Waals surface area contributed by atoms with Gasteiger partial charge in [-0.3, -0.25) is 4.79 Å². The van der Waals surface area contributed by atoms with Crippen LogP contribution in [0.1, 0.15) is 10.4 Å². The minimum atomic E-state index is -1.59. The van der Waals surface area contributed by atoms with Gasteiger partial charge in [-0.1, -0.05) is 0 Å². The van der Waals surface area contributed by atoms with E-state index in [9.17, 15) is 27.2 Å². The lowest BCUT2D eigenvalue weighted by Crippen LogP contribution is -2.16. The lowest BCUT2D eigenvalue weighted by Gasteiger charge is -2.11. The van der Waals surface area contributed by atoms with E-state index in [0.717, 1.165) is 6.20 Å². The summed E-state index contributed by atoms with van der Waals surface area (Å²) in [5.74, 6) is -8.02. The number of carboxylic acids is 1. The van der Waals surface area contributed by atoms with Gasteiger partial charge in [0.05, 0.1) is 16.5 Å². The number of nitrogens with zero attached hydrogens (tertiary/aromatic N) is 1. The number of aromatic carboxylic acids is 1. The number of aromatic nitrogens is 2. The van der Waals surface area contributed by atoms with E-state index < -0.39 is 68.2 Å². The van der Waals surface area contributed by atoms with Gasteiger partial charge in [0, 0.05) is 12.3 Å². The molecule has 0 saturated carbocycles. The third kappa shape index (κ3) is 2.47. The Hall–Kier alpha value is -3.43. The highest BCUT2D eigenvalue weighted by Gasteiger charge is 2.24. The van der Waals surface area contributed by atoms with Crippen molar-refractivity contribution in [1.29, 1.82) is 0 Å². The molecule has 4 N–H and O–H groups in total. The molecule has 3 rings (SSSR count). The van der Waals surface area contributed by atoms with Gasteiger partial charge in [-0.05, 0) is 6.07 Å². The van der Waals surface area contributed by atoms with Crippen molar-refractivity contribution in [2.45, 2.75) is 0 Å². The molecule has 128 valence electrons. The summed E-state index contributed by atoms with van der Waals surface area (Å²) in [4.78, 5) is 28.8. The molecule has 0 atom stereocenters. The van der Waals surface area contributed by atoms with Crippen LogP contribution in [0.2, 0.25) is 0 Å².